The lowest BCUT2D eigenvalue weighted by Crippen LogP contribution is -2.44. The first-order valence-electron chi connectivity index (χ1n) is 9.66. The number of amides is 2. The minimum Gasteiger partial charge on any atom is -0.378 e. The van der Waals surface area contributed by atoms with Gasteiger partial charge < -0.3 is 20.3 Å². The fourth-order valence-electron chi connectivity index (χ4n) is 3.77. The predicted molar refractivity (Wildman–Crippen MR) is 101 cm³/mol. The van der Waals surface area contributed by atoms with Crippen molar-refractivity contribution < 1.29 is 18.7 Å². The van der Waals surface area contributed by atoms with Crippen LogP contribution in [-0.4, -0.2) is 55.6 Å². The van der Waals surface area contributed by atoms with Crippen LogP contribution in [0.25, 0.3) is 0 Å². The molecule has 2 saturated heterocycles. The second-order valence-electron chi connectivity index (χ2n) is 7.40. The van der Waals surface area contributed by atoms with E-state index in [0.29, 0.717) is 26.2 Å². The first kappa shape index (κ1) is 19.8. The molecule has 2 heterocycles. The molecule has 0 bridgehead atoms. The van der Waals surface area contributed by atoms with Crippen molar-refractivity contribution in [1.29, 1.82) is 0 Å². The quantitative estimate of drug-likeness (QED) is 0.768. The Bertz CT molecular complexity index is 689. The summed E-state index contributed by atoms with van der Waals surface area (Å²) in [7, 11) is 0. The van der Waals surface area contributed by atoms with E-state index >= 15 is 0 Å². The highest BCUT2D eigenvalue weighted by Gasteiger charge is 2.38. The summed E-state index contributed by atoms with van der Waals surface area (Å²) >= 11 is 0. The Morgan fingerprint density at radius 2 is 2.07 bits per heavy atom. The summed E-state index contributed by atoms with van der Waals surface area (Å²) in [4.78, 5) is 28.4. The average Bonchev–Trinajstić information content (AvgIpc) is 3.03. The predicted octanol–water partition coefficient (Wildman–Crippen LogP) is 1.84. The van der Waals surface area contributed by atoms with Crippen LogP contribution < -0.4 is 10.6 Å². The summed E-state index contributed by atoms with van der Waals surface area (Å²) in [5.74, 6) is -1.05. The van der Waals surface area contributed by atoms with Crippen molar-refractivity contribution in [2.24, 2.45) is 11.7 Å². The standard InChI is InChI=1S/C20H28FN3O3/c1-14-3-4-18(17(21)11-14)24-13-15(12-19(24)25)20(26)23-8-5-16(6-9-23)27-10-2-7-22/h3-4,11,15-16H,2,5-10,12-13,22H2,1H3. The second kappa shape index (κ2) is 8.80. The Balaban J connectivity index is 1.55. The number of likely N-dealkylation sites (tertiary alicyclic amines) is 1. The lowest BCUT2D eigenvalue weighted by Gasteiger charge is -2.33. The minimum atomic E-state index is -0.424. The van der Waals surface area contributed by atoms with Crippen LogP contribution in [0.3, 0.4) is 0 Å². The summed E-state index contributed by atoms with van der Waals surface area (Å²) < 4.78 is 20.0. The van der Waals surface area contributed by atoms with Crippen molar-refractivity contribution in [1.82, 2.24) is 4.90 Å². The van der Waals surface area contributed by atoms with Crippen molar-refractivity contribution >= 4 is 17.5 Å². The molecule has 7 heteroatoms. The topological polar surface area (TPSA) is 75.9 Å². The third-order valence-electron chi connectivity index (χ3n) is 5.32. The van der Waals surface area contributed by atoms with Crippen LogP contribution in [0.1, 0.15) is 31.2 Å². The summed E-state index contributed by atoms with van der Waals surface area (Å²) in [6.07, 6.45) is 2.75. The van der Waals surface area contributed by atoms with E-state index in [1.807, 2.05) is 4.90 Å². The zero-order valence-electron chi connectivity index (χ0n) is 15.8. The number of piperidine rings is 1. The summed E-state index contributed by atoms with van der Waals surface area (Å²) in [6.45, 7) is 4.58. The largest absolute Gasteiger partial charge is 0.378 e. The van der Waals surface area contributed by atoms with Crippen LogP contribution in [0.4, 0.5) is 10.1 Å². The number of hydrogen-bond acceptors (Lipinski definition) is 4. The molecule has 2 N–H and O–H groups in total. The normalized spacial score (nSPS) is 21.1. The van der Waals surface area contributed by atoms with Gasteiger partial charge in [-0.3, -0.25) is 9.59 Å². The second-order valence-corrected chi connectivity index (χ2v) is 7.40. The first-order chi connectivity index (χ1) is 13.0. The van der Waals surface area contributed by atoms with Gasteiger partial charge in [0.25, 0.3) is 0 Å². The van der Waals surface area contributed by atoms with Crippen molar-refractivity contribution in [3.63, 3.8) is 0 Å². The fraction of sp³-hybridized carbons (Fsp3) is 0.600. The molecular weight excluding hydrogens is 349 g/mol. The Labute approximate surface area is 159 Å². The number of benzene rings is 1. The highest BCUT2D eigenvalue weighted by Crippen LogP contribution is 2.29. The van der Waals surface area contributed by atoms with Gasteiger partial charge >= 0.3 is 0 Å². The van der Waals surface area contributed by atoms with Gasteiger partial charge in [-0.15, -0.1) is 0 Å². The van der Waals surface area contributed by atoms with Gasteiger partial charge in [0.05, 0.1) is 17.7 Å². The van der Waals surface area contributed by atoms with E-state index in [1.165, 1.54) is 11.0 Å². The number of hydrogen-bond donors (Lipinski definition) is 1. The lowest BCUT2D eigenvalue weighted by atomic mass is 10.0. The van der Waals surface area contributed by atoms with E-state index in [2.05, 4.69) is 0 Å². The molecule has 6 nitrogen and oxygen atoms in total. The lowest BCUT2D eigenvalue weighted by molar-refractivity contribution is -0.138. The average molecular weight is 377 g/mol. The zero-order valence-corrected chi connectivity index (χ0v) is 15.8. The Hall–Kier alpha value is -1.99. The molecule has 1 atom stereocenters. The van der Waals surface area contributed by atoms with Gasteiger partial charge in [-0.2, -0.15) is 0 Å². The van der Waals surface area contributed by atoms with Gasteiger partial charge in [0.1, 0.15) is 5.82 Å². The van der Waals surface area contributed by atoms with Gasteiger partial charge in [-0.25, -0.2) is 4.39 Å². The van der Waals surface area contributed by atoms with Crippen LogP contribution in [-0.2, 0) is 14.3 Å². The molecule has 0 aromatic heterocycles. The maximum Gasteiger partial charge on any atom is 0.228 e. The molecule has 1 aromatic rings. The van der Waals surface area contributed by atoms with Gasteiger partial charge in [0, 0.05) is 32.7 Å². The van der Waals surface area contributed by atoms with Crippen LogP contribution in [0.2, 0.25) is 0 Å². The molecule has 27 heavy (non-hydrogen) atoms. The molecule has 2 amide bonds. The number of carbonyl (C=O) groups excluding carboxylic acids is 2. The number of nitrogens with zero attached hydrogens (tertiary/aromatic N) is 2. The molecule has 0 aliphatic carbocycles. The molecule has 3 rings (SSSR count). The molecular formula is C20H28FN3O3. The third-order valence-corrected chi connectivity index (χ3v) is 5.32. The van der Waals surface area contributed by atoms with Gasteiger partial charge in [-0.05, 0) is 50.4 Å². The zero-order chi connectivity index (χ0) is 19.4. The number of carbonyl (C=O) groups is 2. The van der Waals surface area contributed by atoms with E-state index in [4.69, 9.17) is 10.5 Å². The molecule has 2 fully saturated rings. The van der Waals surface area contributed by atoms with Crippen LogP contribution in [0.5, 0.6) is 0 Å². The smallest absolute Gasteiger partial charge is 0.228 e. The minimum absolute atomic E-state index is 0.0150. The van der Waals surface area contributed by atoms with E-state index in [0.717, 1.165) is 24.8 Å². The summed E-state index contributed by atoms with van der Waals surface area (Å²) in [5, 5.41) is 0. The highest BCUT2D eigenvalue weighted by molar-refractivity contribution is 6.00. The number of rotatable bonds is 6. The first-order valence-corrected chi connectivity index (χ1v) is 9.66. The molecule has 2 aliphatic heterocycles. The molecule has 1 unspecified atom stereocenters. The van der Waals surface area contributed by atoms with Gasteiger partial charge in [0.2, 0.25) is 11.8 Å². The van der Waals surface area contributed by atoms with Crippen molar-refractivity contribution in [2.75, 3.05) is 37.7 Å². The van der Waals surface area contributed by atoms with Crippen LogP contribution in [0.15, 0.2) is 18.2 Å². The number of nitrogens with two attached hydrogens (primary N) is 1. The van der Waals surface area contributed by atoms with Crippen molar-refractivity contribution in [2.45, 2.75) is 38.7 Å². The van der Waals surface area contributed by atoms with Crippen molar-refractivity contribution in [3.8, 4) is 0 Å². The molecule has 0 radical (unpaired) electrons. The Morgan fingerprint density at radius 3 is 2.74 bits per heavy atom. The van der Waals surface area contributed by atoms with Crippen molar-refractivity contribution in [3.05, 3.63) is 29.6 Å². The van der Waals surface area contributed by atoms with E-state index in [1.54, 1.807) is 19.1 Å². The number of aryl methyl sites for hydroxylation is 1. The molecule has 0 saturated carbocycles. The molecule has 1 aromatic carbocycles. The maximum atomic E-state index is 14.2. The number of ether oxygens (including phenoxy) is 1. The third kappa shape index (κ3) is 4.65. The Kier molecular flexibility index (Phi) is 6.44. The van der Waals surface area contributed by atoms with Gasteiger partial charge in [-0.1, -0.05) is 6.07 Å². The number of halogens is 1. The summed E-state index contributed by atoms with van der Waals surface area (Å²) in [6, 6.07) is 4.79. The van der Waals surface area contributed by atoms with Gasteiger partial charge in [0.15, 0.2) is 0 Å². The number of anilines is 1. The van der Waals surface area contributed by atoms with E-state index in [9.17, 15) is 14.0 Å². The maximum absolute atomic E-state index is 14.2. The van der Waals surface area contributed by atoms with E-state index in [-0.39, 0.29) is 36.6 Å². The molecule has 2 aliphatic rings. The van der Waals surface area contributed by atoms with E-state index < -0.39 is 11.7 Å². The van der Waals surface area contributed by atoms with Crippen LogP contribution >= 0.6 is 0 Å². The highest BCUT2D eigenvalue weighted by atomic mass is 19.1. The monoisotopic (exact) mass is 377 g/mol. The SMILES string of the molecule is Cc1ccc(N2CC(C(=O)N3CCC(OCCCN)CC3)CC2=O)c(F)c1. The molecule has 148 valence electrons. The van der Waals surface area contributed by atoms with Crippen LogP contribution in [0, 0.1) is 18.7 Å². The summed E-state index contributed by atoms with van der Waals surface area (Å²) in [5.41, 5.74) is 6.52. The molecule has 0 spiro atoms. The Morgan fingerprint density at radius 1 is 1.33 bits per heavy atom. The fourth-order valence-corrected chi connectivity index (χ4v) is 3.77.